The average Bonchev–Trinajstić information content (AvgIpc) is 2.69. The number of rotatable bonds is 2. The van der Waals surface area contributed by atoms with Gasteiger partial charge in [-0.1, -0.05) is 18.2 Å². The molecule has 0 saturated carbocycles. The highest BCUT2D eigenvalue weighted by Crippen LogP contribution is 2.43. The number of phenols is 1. The molecule has 0 radical (unpaired) electrons. The minimum Gasteiger partial charge on any atom is -0.508 e. The zero-order valence-corrected chi connectivity index (χ0v) is 12.2. The Kier molecular flexibility index (Phi) is 3.35. The summed E-state index contributed by atoms with van der Waals surface area (Å²) in [6.45, 7) is 1.69. The fourth-order valence-corrected chi connectivity index (χ4v) is 2.94. The maximum absolute atomic E-state index is 12.8. The van der Waals surface area contributed by atoms with E-state index in [9.17, 15) is 23.1 Å². The first-order valence-electron chi connectivity index (χ1n) is 7.01. The van der Waals surface area contributed by atoms with Crippen molar-refractivity contribution in [3.63, 3.8) is 0 Å². The molecular formula is C17H14F3NO2. The topological polar surface area (TPSA) is 49.3 Å². The van der Waals surface area contributed by atoms with E-state index in [2.05, 4.69) is 5.32 Å². The molecule has 1 heterocycles. The number of anilines is 1. The molecular weight excluding hydrogens is 307 g/mol. The van der Waals surface area contributed by atoms with Gasteiger partial charge in [-0.15, -0.1) is 0 Å². The molecule has 3 nitrogen and oxygen atoms in total. The second kappa shape index (κ2) is 5.01. The Labute approximate surface area is 130 Å². The lowest BCUT2D eigenvalue weighted by atomic mass is 9.78. The molecule has 3 rings (SSSR count). The fraction of sp³-hybridized carbons (Fsp3) is 0.235. The largest absolute Gasteiger partial charge is 0.508 e. The molecule has 0 bridgehead atoms. The Balaban J connectivity index is 2.01. The van der Waals surface area contributed by atoms with Crippen molar-refractivity contribution in [2.45, 2.75) is 24.9 Å². The van der Waals surface area contributed by atoms with E-state index in [4.69, 9.17) is 0 Å². The zero-order chi connectivity index (χ0) is 16.8. The van der Waals surface area contributed by atoms with Gasteiger partial charge in [0, 0.05) is 5.69 Å². The number of carbonyl (C=O) groups is 1. The predicted octanol–water partition coefficient (Wildman–Crippen LogP) is 3.86. The number of hydrogen-bond acceptors (Lipinski definition) is 2. The van der Waals surface area contributed by atoms with Gasteiger partial charge in [0.05, 0.1) is 11.0 Å². The van der Waals surface area contributed by atoms with Crippen LogP contribution in [0.5, 0.6) is 5.75 Å². The number of nitrogens with one attached hydrogen (secondary N) is 1. The first kappa shape index (κ1) is 15.4. The summed E-state index contributed by atoms with van der Waals surface area (Å²) in [5, 5.41) is 12.1. The standard InChI is InChI=1S/C17H14F3NO2/c1-16(9-10-3-2-4-12(22)7-10)13-6-5-11(17(18,19)20)8-14(13)21-15(16)23/h2-8,22H,9H2,1H3,(H,21,23). The summed E-state index contributed by atoms with van der Waals surface area (Å²) < 4.78 is 38.4. The van der Waals surface area contributed by atoms with Crippen LogP contribution in [-0.4, -0.2) is 11.0 Å². The van der Waals surface area contributed by atoms with Gasteiger partial charge in [0.15, 0.2) is 0 Å². The van der Waals surface area contributed by atoms with Gasteiger partial charge in [-0.2, -0.15) is 13.2 Å². The van der Waals surface area contributed by atoms with Crippen LogP contribution in [0.3, 0.4) is 0 Å². The summed E-state index contributed by atoms with van der Waals surface area (Å²) in [6.07, 6.45) is -4.17. The number of amides is 1. The van der Waals surface area contributed by atoms with E-state index in [-0.39, 0.29) is 23.8 Å². The third-order valence-electron chi connectivity index (χ3n) is 4.16. The molecule has 120 valence electrons. The van der Waals surface area contributed by atoms with Crippen LogP contribution in [0.15, 0.2) is 42.5 Å². The van der Waals surface area contributed by atoms with Crippen molar-refractivity contribution in [3.8, 4) is 5.75 Å². The third-order valence-corrected chi connectivity index (χ3v) is 4.16. The number of halogens is 3. The number of hydrogen-bond donors (Lipinski definition) is 2. The molecule has 0 saturated heterocycles. The Morgan fingerprint density at radius 2 is 1.91 bits per heavy atom. The first-order chi connectivity index (χ1) is 10.7. The van der Waals surface area contributed by atoms with Gasteiger partial charge in [0.25, 0.3) is 0 Å². The summed E-state index contributed by atoms with van der Waals surface area (Å²) in [5.41, 5.74) is -0.326. The number of phenolic OH excluding ortho intramolecular Hbond substituents is 1. The van der Waals surface area contributed by atoms with E-state index in [0.29, 0.717) is 5.56 Å². The fourth-order valence-electron chi connectivity index (χ4n) is 2.94. The lowest BCUT2D eigenvalue weighted by molar-refractivity contribution is -0.137. The quantitative estimate of drug-likeness (QED) is 0.882. The smallest absolute Gasteiger partial charge is 0.416 e. The predicted molar refractivity (Wildman–Crippen MR) is 79.2 cm³/mol. The van der Waals surface area contributed by atoms with Crippen molar-refractivity contribution in [2.75, 3.05) is 5.32 Å². The molecule has 6 heteroatoms. The highest BCUT2D eigenvalue weighted by atomic mass is 19.4. The Morgan fingerprint density at radius 3 is 2.57 bits per heavy atom. The molecule has 1 unspecified atom stereocenters. The molecule has 23 heavy (non-hydrogen) atoms. The second-order valence-corrected chi connectivity index (χ2v) is 5.89. The van der Waals surface area contributed by atoms with Gasteiger partial charge < -0.3 is 10.4 Å². The highest BCUT2D eigenvalue weighted by Gasteiger charge is 2.44. The number of fused-ring (bicyclic) bond motifs is 1. The van der Waals surface area contributed by atoms with Crippen LogP contribution >= 0.6 is 0 Å². The number of alkyl halides is 3. The maximum Gasteiger partial charge on any atom is 0.416 e. The zero-order valence-electron chi connectivity index (χ0n) is 12.2. The molecule has 1 aliphatic heterocycles. The number of carbonyl (C=O) groups excluding carboxylic acids is 1. The van der Waals surface area contributed by atoms with Crippen molar-refractivity contribution in [1.82, 2.24) is 0 Å². The Hall–Kier alpha value is -2.50. The monoisotopic (exact) mass is 321 g/mol. The van der Waals surface area contributed by atoms with Crippen molar-refractivity contribution in [2.24, 2.45) is 0 Å². The maximum atomic E-state index is 12.8. The summed E-state index contributed by atoms with van der Waals surface area (Å²) in [6, 6.07) is 9.78. The van der Waals surface area contributed by atoms with Crippen LogP contribution in [0, 0.1) is 0 Å². The molecule has 2 aromatic carbocycles. The minimum atomic E-state index is -4.45. The van der Waals surface area contributed by atoms with Gasteiger partial charge in [-0.25, -0.2) is 0 Å². The van der Waals surface area contributed by atoms with Crippen molar-refractivity contribution < 1.29 is 23.1 Å². The van der Waals surface area contributed by atoms with Gasteiger partial charge in [0.1, 0.15) is 5.75 Å². The van der Waals surface area contributed by atoms with Crippen LogP contribution in [0.1, 0.15) is 23.6 Å². The molecule has 0 aliphatic carbocycles. The molecule has 2 N–H and O–H groups in total. The summed E-state index contributed by atoms with van der Waals surface area (Å²) in [5.74, 6) is -0.271. The molecule has 0 spiro atoms. The Bertz CT molecular complexity index is 786. The van der Waals surface area contributed by atoms with Crippen molar-refractivity contribution in [3.05, 3.63) is 59.2 Å². The Morgan fingerprint density at radius 1 is 1.17 bits per heavy atom. The van der Waals surface area contributed by atoms with E-state index in [1.165, 1.54) is 12.1 Å². The second-order valence-electron chi connectivity index (χ2n) is 5.89. The molecule has 1 atom stereocenters. The van der Waals surface area contributed by atoms with E-state index < -0.39 is 17.2 Å². The van der Waals surface area contributed by atoms with Crippen LogP contribution in [-0.2, 0) is 22.8 Å². The van der Waals surface area contributed by atoms with E-state index in [1.807, 2.05) is 0 Å². The van der Waals surface area contributed by atoms with Gasteiger partial charge in [-0.05, 0) is 48.7 Å². The summed E-state index contributed by atoms with van der Waals surface area (Å²) in [4.78, 5) is 12.3. The third kappa shape index (κ3) is 2.65. The summed E-state index contributed by atoms with van der Waals surface area (Å²) >= 11 is 0. The lowest BCUT2D eigenvalue weighted by Crippen LogP contribution is -2.33. The van der Waals surface area contributed by atoms with Crippen molar-refractivity contribution in [1.29, 1.82) is 0 Å². The minimum absolute atomic E-state index is 0.0807. The molecule has 0 fully saturated rings. The van der Waals surface area contributed by atoms with Crippen LogP contribution in [0.4, 0.5) is 18.9 Å². The van der Waals surface area contributed by atoms with E-state index in [0.717, 1.165) is 17.7 Å². The number of benzene rings is 2. The van der Waals surface area contributed by atoms with Gasteiger partial charge in [-0.3, -0.25) is 4.79 Å². The van der Waals surface area contributed by atoms with Crippen LogP contribution in [0.25, 0.3) is 0 Å². The molecule has 1 aliphatic rings. The van der Waals surface area contributed by atoms with E-state index in [1.54, 1.807) is 25.1 Å². The lowest BCUT2D eigenvalue weighted by Gasteiger charge is -2.22. The number of aromatic hydroxyl groups is 1. The van der Waals surface area contributed by atoms with Gasteiger partial charge >= 0.3 is 6.18 Å². The molecule has 0 aromatic heterocycles. The van der Waals surface area contributed by atoms with Crippen molar-refractivity contribution >= 4 is 11.6 Å². The molecule has 1 amide bonds. The SMILES string of the molecule is CC1(Cc2cccc(O)c2)C(=O)Nc2cc(C(F)(F)F)ccc21. The average molecular weight is 321 g/mol. The van der Waals surface area contributed by atoms with Gasteiger partial charge in [0.2, 0.25) is 5.91 Å². The normalized spacial score (nSPS) is 20.3. The van der Waals surface area contributed by atoms with Crippen LogP contribution < -0.4 is 5.32 Å². The summed E-state index contributed by atoms with van der Waals surface area (Å²) in [7, 11) is 0. The van der Waals surface area contributed by atoms with E-state index >= 15 is 0 Å². The molecule has 2 aromatic rings. The first-order valence-corrected chi connectivity index (χ1v) is 7.01. The highest BCUT2D eigenvalue weighted by molar-refractivity contribution is 6.06. The van der Waals surface area contributed by atoms with Crippen LogP contribution in [0.2, 0.25) is 0 Å².